The van der Waals surface area contributed by atoms with Crippen LogP contribution in [0.2, 0.25) is 0 Å². The number of anilines is 6. The molecule has 2 aliphatic rings. The van der Waals surface area contributed by atoms with Gasteiger partial charge < -0.3 is 9.80 Å². The van der Waals surface area contributed by atoms with Crippen LogP contribution in [0.1, 0.15) is 22.3 Å². The van der Waals surface area contributed by atoms with E-state index >= 15 is 0 Å². The third kappa shape index (κ3) is 5.97. The van der Waals surface area contributed by atoms with Gasteiger partial charge in [0.25, 0.3) is 0 Å². The normalized spacial score (nSPS) is 12.9. The van der Waals surface area contributed by atoms with E-state index in [0.717, 1.165) is 33.9 Å². The lowest BCUT2D eigenvalue weighted by Gasteiger charge is -2.45. The zero-order valence-electron chi connectivity index (χ0n) is 36.8. The predicted octanol–water partition coefficient (Wildman–Crippen LogP) is 17.5. The van der Waals surface area contributed by atoms with E-state index in [-0.39, 0.29) is 0 Å². The number of rotatable bonds is 7. The van der Waals surface area contributed by atoms with Crippen LogP contribution in [0.5, 0.6) is 0 Å². The predicted molar refractivity (Wildman–Crippen MR) is 280 cm³/mol. The van der Waals surface area contributed by atoms with Gasteiger partial charge in [0.15, 0.2) is 0 Å². The number of nitrogens with zero attached hydrogens (tertiary/aromatic N) is 2. The van der Waals surface area contributed by atoms with Crippen LogP contribution in [0.25, 0.3) is 55.3 Å². The molecular formula is C65H44N2. The van der Waals surface area contributed by atoms with E-state index in [2.05, 4.69) is 277 Å². The van der Waals surface area contributed by atoms with Crippen molar-refractivity contribution in [3.8, 4) is 44.5 Å². The molecule has 1 heterocycles. The monoisotopic (exact) mass is 852 g/mol. The summed E-state index contributed by atoms with van der Waals surface area (Å²) in [6.07, 6.45) is 0. The first-order valence-electron chi connectivity index (χ1n) is 23.2. The average molecular weight is 853 g/mol. The van der Waals surface area contributed by atoms with Crippen molar-refractivity contribution in [2.45, 2.75) is 5.41 Å². The van der Waals surface area contributed by atoms with E-state index in [4.69, 9.17) is 0 Å². The highest BCUT2D eigenvalue weighted by atomic mass is 15.2. The van der Waals surface area contributed by atoms with Crippen molar-refractivity contribution in [3.05, 3.63) is 289 Å². The Kier molecular flexibility index (Phi) is 9.11. The molecule has 1 aliphatic heterocycles. The maximum Gasteiger partial charge on any atom is 0.0755 e. The van der Waals surface area contributed by atoms with E-state index in [0.29, 0.717) is 0 Å². The molecule has 1 aliphatic carbocycles. The number of para-hydroxylation sites is 4. The molecule has 0 amide bonds. The first-order chi connectivity index (χ1) is 33.3. The molecule has 11 aromatic rings. The Labute approximate surface area is 391 Å². The van der Waals surface area contributed by atoms with Gasteiger partial charge in [0, 0.05) is 22.5 Å². The molecule has 0 radical (unpaired) electrons. The standard InChI is InChI=1S/C65H44N2/c1-3-22-45(23-4-1)47-26-19-29-49(44-47)67(60-40-16-12-33-54(60)53-32-10-9-31-52(53)51-35-20-25-46-24-7-8-30-50(46)51)63-43-21-39-59-64(63)55-34-11-13-36-56(55)65(59)57-37-14-17-41-61(57)66(48-27-5-2-6-28-48)62-42-18-15-38-58(62)65/h1-44H. The summed E-state index contributed by atoms with van der Waals surface area (Å²) in [7, 11) is 0. The van der Waals surface area contributed by atoms with Crippen molar-refractivity contribution >= 4 is 44.9 Å². The molecule has 2 nitrogen and oxygen atoms in total. The molecule has 0 saturated heterocycles. The van der Waals surface area contributed by atoms with Gasteiger partial charge >= 0.3 is 0 Å². The SMILES string of the molecule is c1ccc(-c2cccc(N(c3ccccc3-c3ccccc3-c3cccc4ccccc34)c3cccc4c3-c3ccccc3C43c4ccccc4N(c4ccccc4)c4ccccc43)c2)cc1. The number of hydrogen-bond acceptors (Lipinski definition) is 2. The van der Waals surface area contributed by atoms with Gasteiger partial charge in [-0.2, -0.15) is 0 Å². The molecule has 13 rings (SSSR count). The van der Waals surface area contributed by atoms with E-state index < -0.39 is 5.41 Å². The van der Waals surface area contributed by atoms with Crippen LogP contribution in [-0.2, 0) is 5.41 Å². The third-order valence-electron chi connectivity index (χ3n) is 14.1. The molecule has 314 valence electrons. The summed E-state index contributed by atoms with van der Waals surface area (Å²) in [6, 6.07) is 98.2. The van der Waals surface area contributed by atoms with Crippen LogP contribution in [0.15, 0.2) is 267 Å². The first-order valence-corrected chi connectivity index (χ1v) is 23.2. The van der Waals surface area contributed by atoms with Crippen LogP contribution < -0.4 is 9.80 Å². The lowest BCUT2D eigenvalue weighted by atomic mass is 9.64. The first kappa shape index (κ1) is 38.7. The summed E-state index contributed by atoms with van der Waals surface area (Å²) in [5, 5.41) is 2.47. The maximum atomic E-state index is 2.53. The molecule has 0 fully saturated rings. The molecule has 11 aromatic carbocycles. The Hall–Kier alpha value is -8.72. The van der Waals surface area contributed by atoms with Crippen molar-refractivity contribution < 1.29 is 0 Å². The molecular weight excluding hydrogens is 809 g/mol. The van der Waals surface area contributed by atoms with Crippen LogP contribution in [-0.4, -0.2) is 0 Å². The second-order valence-corrected chi connectivity index (χ2v) is 17.5. The summed E-state index contributed by atoms with van der Waals surface area (Å²) >= 11 is 0. The van der Waals surface area contributed by atoms with Gasteiger partial charge in [-0.3, -0.25) is 0 Å². The van der Waals surface area contributed by atoms with Gasteiger partial charge in [0.2, 0.25) is 0 Å². The molecule has 0 atom stereocenters. The largest absolute Gasteiger partial charge is 0.310 e. The van der Waals surface area contributed by atoms with Gasteiger partial charge in [-0.25, -0.2) is 0 Å². The lowest BCUT2D eigenvalue weighted by Crippen LogP contribution is -2.36. The van der Waals surface area contributed by atoms with E-state index in [1.165, 1.54) is 77.8 Å². The Morgan fingerprint density at radius 2 is 0.806 bits per heavy atom. The fourth-order valence-electron chi connectivity index (χ4n) is 11.3. The van der Waals surface area contributed by atoms with Crippen molar-refractivity contribution in [2.24, 2.45) is 0 Å². The summed E-state index contributed by atoms with van der Waals surface area (Å²) in [6.45, 7) is 0. The third-order valence-corrected chi connectivity index (χ3v) is 14.1. The van der Waals surface area contributed by atoms with E-state index in [1.54, 1.807) is 0 Å². The zero-order valence-corrected chi connectivity index (χ0v) is 36.8. The molecule has 0 saturated carbocycles. The smallest absolute Gasteiger partial charge is 0.0755 e. The van der Waals surface area contributed by atoms with Gasteiger partial charge in [0.1, 0.15) is 0 Å². The highest BCUT2D eigenvalue weighted by Crippen LogP contribution is 2.65. The summed E-state index contributed by atoms with van der Waals surface area (Å²) in [4.78, 5) is 4.98. The van der Waals surface area contributed by atoms with Crippen molar-refractivity contribution in [1.82, 2.24) is 0 Å². The minimum absolute atomic E-state index is 0.599. The summed E-state index contributed by atoms with van der Waals surface area (Å²) < 4.78 is 0. The Bertz CT molecular complexity index is 3610. The van der Waals surface area contributed by atoms with E-state index in [9.17, 15) is 0 Å². The minimum atomic E-state index is -0.599. The van der Waals surface area contributed by atoms with Gasteiger partial charge in [0.05, 0.1) is 28.2 Å². The van der Waals surface area contributed by atoms with Crippen LogP contribution in [0.4, 0.5) is 34.1 Å². The minimum Gasteiger partial charge on any atom is -0.310 e. The fourth-order valence-corrected chi connectivity index (χ4v) is 11.3. The second-order valence-electron chi connectivity index (χ2n) is 17.5. The topological polar surface area (TPSA) is 6.48 Å². The van der Waals surface area contributed by atoms with Gasteiger partial charge in [-0.05, 0) is 115 Å². The molecule has 2 heteroatoms. The molecule has 0 unspecified atom stereocenters. The van der Waals surface area contributed by atoms with Gasteiger partial charge in [-0.1, -0.05) is 218 Å². The lowest BCUT2D eigenvalue weighted by molar-refractivity contribution is 0.752. The summed E-state index contributed by atoms with van der Waals surface area (Å²) in [5.74, 6) is 0. The average Bonchev–Trinajstić information content (AvgIpc) is 3.70. The summed E-state index contributed by atoms with van der Waals surface area (Å²) in [5.41, 5.74) is 20.9. The number of hydrogen-bond donors (Lipinski definition) is 0. The Morgan fingerprint density at radius 1 is 0.313 bits per heavy atom. The van der Waals surface area contributed by atoms with Crippen molar-refractivity contribution in [2.75, 3.05) is 9.80 Å². The molecule has 0 N–H and O–H groups in total. The number of benzene rings is 11. The van der Waals surface area contributed by atoms with E-state index in [1.807, 2.05) is 0 Å². The second kappa shape index (κ2) is 15.8. The van der Waals surface area contributed by atoms with Crippen LogP contribution in [0, 0.1) is 0 Å². The van der Waals surface area contributed by atoms with Crippen molar-refractivity contribution in [3.63, 3.8) is 0 Å². The zero-order chi connectivity index (χ0) is 44.3. The van der Waals surface area contributed by atoms with Crippen LogP contribution >= 0.6 is 0 Å². The molecule has 0 bridgehead atoms. The number of fused-ring (bicyclic) bond motifs is 10. The van der Waals surface area contributed by atoms with Gasteiger partial charge in [-0.15, -0.1) is 0 Å². The quantitative estimate of drug-likeness (QED) is 0.158. The highest BCUT2D eigenvalue weighted by Gasteiger charge is 2.52. The van der Waals surface area contributed by atoms with Crippen molar-refractivity contribution in [1.29, 1.82) is 0 Å². The van der Waals surface area contributed by atoms with Crippen LogP contribution in [0.3, 0.4) is 0 Å². The Balaban J connectivity index is 1.10. The molecule has 1 spiro atoms. The fraction of sp³-hybridized carbons (Fsp3) is 0.0154. The molecule has 0 aromatic heterocycles. The maximum absolute atomic E-state index is 2.53. The highest BCUT2D eigenvalue weighted by molar-refractivity contribution is 6.05. The molecule has 67 heavy (non-hydrogen) atoms. The Morgan fingerprint density at radius 3 is 1.57 bits per heavy atom.